The zero-order valence-corrected chi connectivity index (χ0v) is 16.1. The van der Waals surface area contributed by atoms with Crippen LogP contribution in [0.3, 0.4) is 0 Å². The zero-order valence-electron chi connectivity index (χ0n) is 14.5. The Morgan fingerprint density at radius 2 is 1.70 bits per heavy atom. The number of aromatic nitrogens is 2. The third kappa shape index (κ3) is 3.58. The SMILES string of the molecule is O=C(Cc1ccccc1)N1CCN(S(=O)(=O)c2cccc3nsnc23)CC1. The number of carbonyl (C=O) groups excluding carboxylic acids is 1. The lowest BCUT2D eigenvalue weighted by Gasteiger charge is -2.34. The van der Waals surface area contributed by atoms with Crippen molar-refractivity contribution in [1.82, 2.24) is 18.0 Å². The van der Waals surface area contributed by atoms with Gasteiger partial charge in [-0.15, -0.1) is 0 Å². The average Bonchev–Trinajstić information content (AvgIpc) is 3.17. The van der Waals surface area contributed by atoms with Crippen LogP contribution in [-0.4, -0.2) is 58.5 Å². The van der Waals surface area contributed by atoms with Crippen molar-refractivity contribution in [2.45, 2.75) is 11.3 Å². The third-order valence-corrected chi connectivity index (χ3v) is 7.13. The van der Waals surface area contributed by atoms with E-state index in [1.165, 1.54) is 4.31 Å². The fourth-order valence-corrected chi connectivity index (χ4v) is 5.36. The van der Waals surface area contributed by atoms with Gasteiger partial charge in [0.05, 0.1) is 18.1 Å². The largest absolute Gasteiger partial charge is 0.340 e. The van der Waals surface area contributed by atoms with Crippen molar-refractivity contribution < 1.29 is 13.2 Å². The van der Waals surface area contributed by atoms with Gasteiger partial charge in [0, 0.05) is 26.2 Å². The summed E-state index contributed by atoms with van der Waals surface area (Å²) in [5.74, 6) is 0.0176. The number of benzene rings is 2. The normalized spacial score (nSPS) is 15.9. The second-order valence-electron chi connectivity index (χ2n) is 6.34. The molecule has 27 heavy (non-hydrogen) atoms. The lowest BCUT2D eigenvalue weighted by molar-refractivity contribution is -0.131. The van der Waals surface area contributed by atoms with E-state index >= 15 is 0 Å². The highest BCUT2D eigenvalue weighted by molar-refractivity contribution is 7.89. The van der Waals surface area contributed by atoms with Crippen LogP contribution in [0, 0.1) is 0 Å². The first-order chi connectivity index (χ1) is 13.1. The minimum atomic E-state index is -3.67. The van der Waals surface area contributed by atoms with Gasteiger partial charge in [0.1, 0.15) is 15.9 Å². The van der Waals surface area contributed by atoms with Gasteiger partial charge in [-0.05, 0) is 17.7 Å². The van der Waals surface area contributed by atoms with E-state index in [0.717, 1.165) is 17.3 Å². The van der Waals surface area contributed by atoms with Gasteiger partial charge >= 0.3 is 0 Å². The molecular weight excluding hydrogens is 384 g/mol. The highest BCUT2D eigenvalue weighted by atomic mass is 32.2. The first kappa shape index (κ1) is 18.0. The predicted molar refractivity (Wildman–Crippen MR) is 103 cm³/mol. The Bertz CT molecular complexity index is 1060. The molecule has 0 unspecified atom stereocenters. The molecule has 7 nitrogen and oxygen atoms in total. The number of hydrogen-bond acceptors (Lipinski definition) is 6. The third-order valence-electron chi connectivity index (χ3n) is 4.66. The number of rotatable bonds is 4. The van der Waals surface area contributed by atoms with E-state index < -0.39 is 10.0 Å². The lowest BCUT2D eigenvalue weighted by atomic mass is 10.1. The van der Waals surface area contributed by atoms with Crippen LogP contribution in [0.25, 0.3) is 11.0 Å². The average molecular weight is 403 g/mol. The smallest absolute Gasteiger partial charge is 0.245 e. The number of nitrogens with zero attached hydrogens (tertiary/aromatic N) is 4. The van der Waals surface area contributed by atoms with Crippen LogP contribution >= 0.6 is 11.7 Å². The van der Waals surface area contributed by atoms with Gasteiger partial charge in [-0.3, -0.25) is 4.79 Å². The summed E-state index contributed by atoms with van der Waals surface area (Å²) in [4.78, 5) is 14.4. The highest BCUT2D eigenvalue weighted by Gasteiger charge is 2.31. The molecule has 1 amide bonds. The molecule has 3 aromatic rings. The second kappa shape index (κ2) is 7.34. The second-order valence-corrected chi connectivity index (χ2v) is 8.77. The van der Waals surface area contributed by atoms with Gasteiger partial charge in [-0.25, -0.2) is 8.42 Å². The van der Waals surface area contributed by atoms with Crippen LogP contribution in [0.5, 0.6) is 0 Å². The Kier molecular flexibility index (Phi) is 4.90. The van der Waals surface area contributed by atoms with Gasteiger partial charge in [0.2, 0.25) is 15.9 Å². The first-order valence-electron chi connectivity index (χ1n) is 8.59. The van der Waals surface area contributed by atoms with Crippen LogP contribution < -0.4 is 0 Å². The number of hydrogen-bond donors (Lipinski definition) is 0. The van der Waals surface area contributed by atoms with Crippen molar-refractivity contribution in [1.29, 1.82) is 0 Å². The molecule has 1 fully saturated rings. The van der Waals surface area contributed by atoms with Crippen molar-refractivity contribution in [2.24, 2.45) is 0 Å². The number of piperazine rings is 1. The molecule has 1 aromatic heterocycles. The Hall–Kier alpha value is -2.36. The summed E-state index contributed by atoms with van der Waals surface area (Å²) in [6, 6.07) is 14.5. The summed E-state index contributed by atoms with van der Waals surface area (Å²) in [6.45, 7) is 1.32. The number of sulfonamides is 1. The number of fused-ring (bicyclic) bond motifs is 1. The van der Waals surface area contributed by atoms with E-state index in [-0.39, 0.29) is 23.9 Å². The molecule has 9 heteroatoms. The van der Waals surface area contributed by atoms with E-state index in [0.29, 0.717) is 30.5 Å². The Labute approximate surface area is 161 Å². The van der Waals surface area contributed by atoms with Crippen molar-refractivity contribution in [3.8, 4) is 0 Å². The van der Waals surface area contributed by atoms with E-state index in [4.69, 9.17) is 0 Å². The molecule has 2 aromatic carbocycles. The van der Waals surface area contributed by atoms with Crippen molar-refractivity contribution in [3.05, 3.63) is 54.1 Å². The molecule has 0 spiro atoms. The Morgan fingerprint density at radius 3 is 2.44 bits per heavy atom. The van der Waals surface area contributed by atoms with E-state index in [1.807, 2.05) is 30.3 Å². The maximum absolute atomic E-state index is 13.0. The molecule has 0 bridgehead atoms. The predicted octanol–water partition coefficient (Wildman–Crippen LogP) is 1.77. The first-order valence-corrected chi connectivity index (χ1v) is 10.8. The molecule has 0 atom stereocenters. The van der Waals surface area contributed by atoms with Crippen LogP contribution in [-0.2, 0) is 21.2 Å². The fourth-order valence-electron chi connectivity index (χ4n) is 3.19. The molecule has 1 aliphatic heterocycles. The molecular formula is C18H18N4O3S2. The van der Waals surface area contributed by atoms with Gasteiger partial charge in [-0.2, -0.15) is 13.1 Å². The van der Waals surface area contributed by atoms with Gasteiger partial charge in [0.25, 0.3) is 0 Å². The summed E-state index contributed by atoms with van der Waals surface area (Å²) < 4.78 is 35.7. The highest BCUT2D eigenvalue weighted by Crippen LogP contribution is 2.25. The Balaban J connectivity index is 1.46. The lowest BCUT2D eigenvalue weighted by Crippen LogP contribution is -2.50. The van der Waals surface area contributed by atoms with Gasteiger partial charge < -0.3 is 4.90 Å². The summed E-state index contributed by atoms with van der Waals surface area (Å²) in [5, 5.41) is 0. The molecule has 0 radical (unpaired) electrons. The summed E-state index contributed by atoms with van der Waals surface area (Å²) in [6.07, 6.45) is 0.331. The number of carbonyl (C=O) groups is 1. The van der Waals surface area contributed by atoms with Crippen LogP contribution in [0.2, 0.25) is 0 Å². The fraction of sp³-hybridized carbons (Fsp3) is 0.278. The molecule has 140 valence electrons. The van der Waals surface area contributed by atoms with Crippen LogP contribution in [0.4, 0.5) is 0 Å². The zero-order chi connectivity index (χ0) is 18.9. The van der Waals surface area contributed by atoms with Crippen molar-refractivity contribution >= 4 is 38.7 Å². The Morgan fingerprint density at radius 1 is 0.963 bits per heavy atom. The molecule has 1 saturated heterocycles. The summed E-state index contributed by atoms with van der Waals surface area (Å²) in [5.41, 5.74) is 1.95. The molecule has 0 aliphatic carbocycles. The molecule has 4 rings (SSSR count). The molecule has 0 saturated carbocycles. The van der Waals surface area contributed by atoms with Crippen LogP contribution in [0.1, 0.15) is 5.56 Å². The molecule has 1 aliphatic rings. The van der Waals surface area contributed by atoms with Gasteiger partial charge in [0.15, 0.2) is 0 Å². The summed E-state index contributed by atoms with van der Waals surface area (Å²) >= 11 is 0.999. The van der Waals surface area contributed by atoms with Crippen molar-refractivity contribution in [2.75, 3.05) is 26.2 Å². The standard InChI is InChI=1S/C18H18N4O3S2/c23-17(13-14-5-2-1-3-6-14)21-9-11-22(12-10-21)27(24,25)16-8-4-7-15-18(16)20-26-19-15/h1-8H,9-13H2. The van der Waals surface area contributed by atoms with E-state index in [2.05, 4.69) is 8.75 Å². The van der Waals surface area contributed by atoms with Crippen molar-refractivity contribution in [3.63, 3.8) is 0 Å². The molecule has 0 N–H and O–H groups in total. The van der Waals surface area contributed by atoms with Gasteiger partial charge in [-0.1, -0.05) is 36.4 Å². The van der Waals surface area contributed by atoms with E-state index in [1.54, 1.807) is 23.1 Å². The van der Waals surface area contributed by atoms with E-state index in [9.17, 15) is 13.2 Å². The maximum Gasteiger partial charge on any atom is 0.245 e. The topological polar surface area (TPSA) is 83.5 Å². The molecule has 2 heterocycles. The minimum absolute atomic E-state index is 0.0176. The monoisotopic (exact) mass is 402 g/mol. The quantitative estimate of drug-likeness (QED) is 0.664. The van der Waals surface area contributed by atoms with Crippen LogP contribution in [0.15, 0.2) is 53.4 Å². The maximum atomic E-state index is 13.0. The number of amides is 1. The summed E-state index contributed by atoms with van der Waals surface area (Å²) in [7, 11) is -3.67. The minimum Gasteiger partial charge on any atom is -0.340 e.